The number of aryl methyl sites for hydroxylation is 2. The van der Waals surface area contributed by atoms with Crippen LogP contribution in [0.2, 0.25) is 0 Å². The molecule has 1 fully saturated rings. The summed E-state index contributed by atoms with van der Waals surface area (Å²) in [6, 6.07) is 5.70. The van der Waals surface area contributed by atoms with Gasteiger partial charge in [-0.15, -0.1) is 12.4 Å². The number of amides is 1. The fourth-order valence-corrected chi connectivity index (χ4v) is 2.64. The molecule has 1 aliphatic heterocycles. The lowest BCUT2D eigenvalue weighted by Gasteiger charge is -2.30. The second kappa shape index (κ2) is 9.11. The summed E-state index contributed by atoms with van der Waals surface area (Å²) in [7, 11) is 0. The van der Waals surface area contributed by atoms with Gasteiger partial charge in [0.1, 0.15) is 18.4 Å². The molecule has 1 heterocycles. The van der Waals surface area contributed by atoms with Crippen molar-refractivity contribution in [2.75, 3.05) is 19.8 Å². The molecule has 1 unspecified atom stereocenters. The van der Waals surface area contributed by atoms with Crippen LogP contribution in [0.25, 0.3) is 0 Å². The molecule has 6 heteroatoms. The number of rotatable bonds is 5. The number of hydrogen-bond donors (Lipinski definition) is 2. The molecule has 5 nitrogen and oxygen atoms in total. The molecule has 1 aromatic rings. The first kappa shape index (κ1) is 19.7. The van der Waals surface area contributed by atoms with E-state index in [1.54, 1.807) is 0 Å². The van der Waals surface area contributed by atoms with Crippen molar-refractivity contribution < 1.29 is 14.3 Å². The van der Waals surface area contributed by atoms with Crippen LogP contribution < -0.4 is 15.4 Å². The van der Waals surface area contributed by atoms with Crippen LogP contribution in [-0.4, -0.2) is 43.9 Å². The molecular weight excluding hydrogens is 316 g/mol. The molecule has 1 saturated heterocycles. The molecule has 2 rings (SSSR count). The zero-order chi connectivity index (χ0) is 16.1. The number of carbonyl (C=O) groups excluding carboxylic acids is 1. The number of morpholine rings is 1. The first-order valence-corrected chi connectivity index (χ1v) is 7.83. The van der Waals surface area contributed by atoms with Crippen LogP contribution in [0.15, 0.2) is 18.2 Å². The molecule has 1 amide bonds. The van der Waals surface area contributed by atoms with Gasteiger partial charge in [-0.2, -0.15) is 0 Å². The topological polar surface area (TPSA) is 59.6 Å². The Kier molecular flexibility index (Phi) is 7.82. The van der Waals surface area contributed by atoms with Gasteiger partial charge in [0.25, 0.3) is 0 Å². The van der Waals surface area contributed by atoms with Gasteiger partial charge in [0.2, 0.25) is 5.91 Å². The summed E-state index contributed by atoms with van der Waals surface area (Å²) in [6.07, 6.45) is -0.111. The van der Waals surface area contributed by atoms with E-state index in [-0.39, 0.29) is 36.5 Å². The Balaban J connectivity index is 0.00000264. The lowest BCUT2D eigenvalue weighted by atomic mass is 10.1. The van der Waals surface area contributed by atoms with E-state index in [9.17, 15) is 4.79 Å². The number of ether oxygens (including phenoxy) is 2. The summed E-state index contributed by atoms with van der Waals surface area (Å²) in [6.45, 7) is 9.70. The van der Waals surface area contributed by atoms with Gasteiger partial charge in [-0.25, -0.2) is 0 Å². The standard InChI is InChI=1S/C17H26N2O3.ClH/c1-11-6-5-7-12(2)16(11)22-10-13(3)19-17(20)15-14(4)21-9-8-18-15;/h5-7,13-15,18H,8-10H2,1-4H3,(H,19,20);1H/t13?,14-,15+;/m1./s1. The Morgan fingerprint density at radius 3 is 2.70 bits per heavy atom. The summed E-state index contributed by atoms with van der Waals surface area (Å²) in [5.41, 5.74) is 2.21. The van der Waals surface area contributed by atoms with Gasteiger partial charge in [0, 0.05) is 6.54 Å². The van der Waals surface area contributed by atoms with E-state index >= 15 is 0 Å². The lowest BCUT2D eigenvalue weighted by molar-refractivity contribution is -0.129. The summed E-state index contributed by atoms with van der Waals surface area (Å²) in [5, 5.41) is 6.17. The van der Waals surface area contributed by atoms with E-state index in [1.165, 1.54) is 0 Å². The summed E-state index contributed by atoms with van der Waals surface area (Å²) in [4.78, 5) is 12.3. The van der Waals surface area contributed by atoms with Crippen molar-refractivity contribution in [2.24, 2.45) is 0 Å². The van der Waals surface area contributed by atoms with Gasteiger partial charge >= 0.3 is 0 Å². The summed E-state index contributed by atoms with van der Waals surface area (Å²) < 4.78 is 11.4. The highest BCUT2D eigenvalue weighted by atomic mass is 35.5. The number of para-hydroxylation sites is 1. The maximum absolute atomic E-state index is 12.3. The van der Waals surface area contributed by atoms with Crippen LogP contribution in [0.1, 0.15) is 25.0 Å². The average Bonchev–Trinajstić information content (AvgIpc) is 2.47. The van der Waals surface area contributed by atoms with Gasteiger partial charge in [-0.1, -0.05) is 18.2 Å². The SMILES string of the molecule is Cc1cccc(C)c1OCC(C)NC(=O)[C@H]1NCCO[C@@H]1C.Cl. The summed E-state index contributed by atoms with van der Waals surface area (Å²) in [5.74, 6) is 0.862. The van der Waals surface area contributed by atoms with E-state index in [2.05, 4.69) is 10.6 Å². The Hall–Kier alpha value is -1.30. The highest BCUT2D eigenvalue weighted by Gasteiger charge is 2.28. The number of halogens is 1. The second-order valence-electron chi connectivity index (χ2n) is 5.95. The normalized spacial score (nSPS) is 21.9. The molecule has 130 valence electrons. The van der Waals surface area contributed by atoms with Gasteiger partial charge in [0.05, 0.1) is 18.8 Å². The average molecular weight is 343 g/mol. The highest BCUT2D eigenvalue weighted by Crippen LogP contribution is 2.22. The predicted octanol–water partition coefficient (Wildman–Crippen LogP) is 1.99. The van der Waals surface area contributed by atoms with Crippen LogP contribution in [0.4, 0.5) is 0 Å². The Morgan fingerprint density at radius 1 is 1.43 bits per heavy atom. The smallest absolute Gasteiger partial charge is 0.240 e. The molecule has 0 aromatic heterocycles. The van der Waals surface area contributed by atoms with E-state index in [0.717, 1.165) is 16.9 Å². The Labute approximate surface area is 144 Å². The highest BCUT2D eigenvalue weighted by molar-refractivity contribution is 5.85. The molecule has 23 heavy (non-hydrogen) atoms. The number of carbonyl (C=O) groups is 1. The van der Waals surface area contributed by atoms with E-state index < -0.39 is 0 Å². The van der Waals surface area contributed by atoms with E-state index in [4.69, 9.17) is 9.47 Å². The monoisotopic (exact) mass is 342 g/mol. The van der Waals surface area contributed by atoms with Crippen LogP contribution >= 0.6 is 12.4 Å². The third kappa shape index (κ3) is 5.37. The fourth-order valence-electron chi connectivity index (χ4n) is 2.64. The van der Waals surface area contributed by atoms with Crippen LogP contribution in [-0.2, 0) is 9.53 Å². The maximum Gasteiger partial charge on any atom is 0.240 e. The predicted molar refractivity (Wildman–Crippen MR) is 93.5 cm³/mol. The van der Waals surface area contributed by atoms with Crippen molar-refractivity contribution in [1.29, 1.82) is 0 Å². The zero-order valence-corrected chi connectivity index (χ0v) is 15.0. The molecule has 0 spiro atoms. The molecule has 1 aliphatic rings. The van der Waals surface area contributed by atoms with Crippen molar-refractivity contribution >= 4 is 18.3 Å². The largest absolute Gasteiger partial charge is 0.491 e. The van der Waals surface area contributed by atoms with Crippen molar-refractivity contribution in [3.63, 3.8) is 0 Å². The Bertz CT molecular complexity index is 504. The number of benzene rings is 1. The molecule has 0 radical (unpaired) electrons. The first-order valence-electron chi connectivity index (χ1n) is 7.83. The van der Waals surface area contributed by atoms with E-state index in [0.29, 0.717) is 19.8 Å². The van der Waals surface area contributed by atoms with Gasteiger partial charge in [-0.05, 0) is 38.8 Å². The van der Waals surface area contributed by atoms with Crippen molar-refractivity contribution in [3.05, 3.63) is 29.3 Å². The van der Waals surface area contributed by atoms with Gasteiger partial charge in [0.15, 0.2) is 0 Å². The third-order valence-corrected chi connectivity index (χ3v) is 3.87. The fraction of sp³-hybridized carbons (Fsp3) is 0.588. The molecule has 0 bridgehead atoms. The van der Waals surface area contributed by atoms with Gasteiger partial charge < -0.3 is 20.1 Å². The van der Waals surface area contributed by atoms with Crippen LogP contribution in [0.3, 0.4) is 0 Å². The van der Waals surface area contributed by atoms with Crippen LogP contribution in [0.5, 0.6) is 5.75 Å². The maximum atomic E-state index is 12.3. The lowest BCUT2D eigenvalue weighted by Crippen LogP contribution is -2.57. The molecule has 0 aliphatic carbocycles. The van der Waals surface area contributed by atoms with Crippen molar-refractivity contribution in [2.45, 2.75) is 45.9 Å². The minimum atomic E-state index is -0.295. The van der Waals surface area contributed by atoms with Crippen molar-refractivity contribution in [1.82, 2.24) is 10.6 Å². The van der Waals surface area contributed by atoms with Gasteiger partial charge in [-0.3, -0.25) is 4.79 Å². The third-order valence-electron chi connectivity index (χ3n) is 3.87. The molecule has 3 atom stereocenters. The Morgan fingerprint density at radius 2 is 2.09 bits per heavy atom. The first-order chi connectivity index (χ1) is 10.5. The zero-order valence-electron chi connectivity index (χ0n) is 14.2. The molecule has 2 N–H and O–H groups in total. The molecule has 1 aromatic carbocycles. The van der Waals surface area contributed by atoms with Crippen LogP contribution in [0, 0.1) is 13.8 Å². The summed E-state index contributed by atoms with van der Waals surface area (Å²) >= 11 is 0. The molecular formula is C17H27ClN2O3. The van der Waals surface area contributed by atoms with Crippen molar-refractivity contribution in [3.8, 4) is 5.75 Å². The number of hydrogen-bond acceptors (Lipinski definition) is 4. The minimum Gasteiger partial charge on any atom is -0.491 e. The number of nitrogens with one attached hydrogen (secondary N) is 2. The second-order valence-corrected chi connectivity index (χ2v) is 5.95. The molecule has 0 saturated carbocycles. The minimum absolute atomic E-state index is 0. The quantitative estimate of drug-likeness (QED) is 0.859. The van der Waals surface area contributed by atoms with E-state index in [1.807, 2.05) is 45.9 Å².